The molecule has 27 heavy (non-hydrogen) atoms. The Balaban J connectivity index is 1.37. The van der Waals surface area contributed by atoms with E-state index in [9.17, 15) is 15.0 Å². The second-order valence-corrected chi connectivity index (χ2v) is 6.55. The van der Waals surface area contributed by atoms with Crippen LogP contribution in [0.2, 0.25) is 0 Å². The Hall–Kier alpha value is -3.08. The van der Waals surface area contributed by atoms with E-state index < -0.39 is 36.1 Å². The number of fused-ring (bicyclic) bond motifs is 2. The Bertz CT molecular complexity index is 1040. The topological polar surface area (TPSA) is 146 Å². The zero-order valence-corrected chi connectivity index (χ0v) is 13.8. The number of aliphatic hydroxyl groups is 2. The van der Waals surface area contributed by atoms with E-state index in [0.717, 1.165) is 0 Å². The largest absolute Gasteiger partial charge is 0.453 e. The summed E-state index contributed by atoms with van der Waals surface area (Å²) in [5, 5.41) is 21.4. The van der Waals surface area contributed by atoms with Crippen molar-refractivity contribution in [2.45, 2.75) is 30.1 Å². The van der Waals surface area contributed by atoms with Gasteiger partial charge in [-0.1, -0.05) is 18.2 Å². The summed E-state index contributed by atoms with van der Waals surface area (Å²) in [5.41, 5.74) is 5.16. The lowest BCUT2D eigenvalue weighted by atomic mass is 10.1. The van der Waals surface area contributed by atoms with Gasteiger partial charge in [0.2, 0.25) is 0 Å². The molecule has 3 aromatic rings. The molecular formula is C17H15N5O5. The molecule has 0 radical (unpaired) electrons. The van der Waals surface area contributed by atoms with E-state index in [1.807, 2.05) is 0 Å². The van der Waals surface area contributed by atoms with Gasteiger partial charge in [0.25, 0.3) is 0 Å². The third kappa shape index (κ3) is 2.17. The molecular weight excluding hydrogens is 354 g/mol. The van der Waals surface area contributed by atoms with Crippen molar-refractivity contribution in [3.63, 3.8) is 0 Å². The fourth-order valence-electron chi connectivity index (χ4n) is 3.49. The number of aromatic nitrogens is 4. The number of hydrogen-bond donors (Lipinski definition) is 3. The van der Waals surface area contributed by atoms with Crippen molar-refractivity contribution in [1.82, 2.24) is 19.5 Å². The van der Waals surface area contributed by atoms with Crippen molar-refractivity contribution < 1.29 is 24.5 Å². The van der Waals surface area contributed by atoms with E-state index in [4.69, 9.17) is 15.2 Å². The van der Waals surface area contributed by atoms with E-state index in [0.29, 0.717) is 16.7 Å². The molecule has 0 bridgehead atoms. The van der Waals surface area contributed by atoms with Gasteiger partial charge in [0.15, 0.2) is 29.4 Å². The highest BCUT2D eigenvalue weighted by atomic mass is 16.6. The summed E-state index contributed by atoms with van der Waals surface area (Å²) in [4.78, 5) is 24.3. The molecule has 2 fully saturated rings. The molecule has 5 rings (SSSR count). The van der Waals surface area contributed by atoms with Crippen LogP contribution in [0.5, 0.6) is 0 Å². The fraction of sp³-hybridized carbons (Fsp3) is 0.294. The first-order valence-corrected chi connectivity index (χ1v) is 8.26. The average molecular weight is 369 g/mol. The van der Waals surface area contributed by atoms with E-state index >= 15 is 0 Å². The molecule has 1 aliphatic heterocycles. The summed E-state index contributed by atoms with van der Waals surface area (Å²) < 4.78 is 12.5. The predicted octanol–water partition coefficient (Wildman–Crippen LogP) is -0.363. The zero-order chi connectivity index (χ0) is 18.8. The number of hydrogen-bond acceptors (Lipinski definition) is 9. The lowest BCUT2D eigenvalue weighted by molar-refractivity contribution is -0.0978. The number of benzene rings is 1. The van der Waals surface area contributed by atoms with Gasteiger partial charge in [0, 0.05) is 0 Å². The third-order valence-electron chi connectivity index (χ3n) is 5.01. The predicted molar refractivity (Wildman–Crippen MR) is 90.2 cm³/mol. The molecule has 1 saturated carbocycles. The number of ether oxygens (including phenoxy) is 2. The van der Waals surface area contributed by atoms with Gasteiger partial charge in [-0.05, 0) is 12.1 Å². The molecule has 138 valence electrons. The highest BCUT2D eigenvalue weighted by molar-refractivity contribution is 5.89. The lowest BCUT2D eigenvalue weighted by Crippen LogP contribution is -2.37. The summed E-state index contributed by atoms with van der Waals surface area (Å²) in [6, 6.07) is 8.40. The van der Waals surface area contributed by atoms with Crippen LogP contribution in [0.4, 0.5) is 5.82 Å². The molecule has 1 aliphatic carbocycles. The van der Waals surface area contributed by atoms with Gasteiger partial charge in [0.1, 0.15) is 24.1 Å². The molecule has 2 aromatic heterocycles. The van der Waals surface area contributed by atoms with Gasteiger partial charge >= 0.3 is 5.97 Å². The molecule has 0 amide bonds. The van der Waals surface area contributed by atoms with Crippen molar-refractivity contribution in [3.05, 3.63) is 48.5 Å². The quantitative estimate of drug-likeness (QED) is 0.527. The first kappa shape index (κ1) is 16.1. The number of aliphatic hydroxyl groups excluding tert-OH is 1. The summed E-state index contributed by atoms with van der Waals surface area (Å²) in [6.45, 7) is 0. The summed E-state index contributed by atoms with van der Waals surface area (Å²) in [5.74, 6) is -0.394. The Morgan fingerprint density at radius 1 is 1.26 bits per heavy atom. The summed E-state index contributed by atoms with van der Waals surface area (Å²) >= 11 is 0. The maximum Gasteiger partial charge on any atom is 0.338 e. The smallest absolute Gasteiger partial charge is 0.338 e. The number of nitrogen functional groups attached to an aromatic ring is 1. The highest BCUT2D eigenvalue weighted by Crippen LogP contribution is 2.55. The second-order valence-electron chi connectivity index (χ2n) is 6.55. The highest BCUT2D eigenvalue weighted by Gasteiger charge is 2.79. The minimum Gasteiger partial charge on any atom is -0.453 e. The van der Waals surface area contributed by atoms with Crippen LogP contribution in [0.3, 0.4) is 0 Å². The third-order valence-corrected chi connectivity index (χ3v) is 5.01. The number of imidazole rings is 1. The van der Waals surface area contributed by atoms with Crippen molar-refractivity contribution in [1.29, 1.82) is 0 Å². The van der Waals surface area contributed by atoms with Crippen LogP contribution < -0.4 is 5.73 Å². The number of nitrogens with zero attached hydrogens (tertiary/aromatic N) is 4. The van der Waals surface area contributed by atoms with Gasteiger partial charge in [-0.2, -0.15) is 0 Å². The molecule has 1 saturated heterocycles. The van der Waals surface area contributed by atoms with E-state index in [-0.39, 0.29) is 5.82 Å². The van der Waals surface area contributed by atoms with Gasteiger partial charge in [-0.15, -0.1) is 0 Å². The van der Waals surface area contributed by atoms with E-state index in [1.54, 1.807) is 30.3 Å². The molecule has 0 spiro atoms. The van der Waals surface area contributed by atoms with Crippen LogP contribution in [0, 0.1) is 0 Å². The standard InChI is InChI=1S/C17H15N5O5/c18-13-9-14(20-6-19-13)22(7-21-9)15-10(23)17(25)11(26-15)12(17)27-16(24)8-4-2-1-3-5-8/h1-7,10-12,15,23,25H,(H2,18,19,20)/t10-,11+,12?,15+,17-/m0/s1. The van der Waals surface area contributed by atoms with Gasteiger partial charge in [-0.3, -0.25) is 4.57 Å². The average Bonchev–Trinajstić information content (AvgIpc) is 2.98. The van der Waals surface area contributed by atoms with Crippen LogP contribution in [-0.2, 0) is 9.47 Å². The van der Waals surface area contributed by atoms with Crippen LogP contribution in [0.1, 0.15) is 16.6 Å². The maximum atomic E-state index is 12.2. The Morgan fingerprint density at radius 2 is 2.04 bits per heavy atom. The molecule has 2 aliphatic rings. The maximum absolute atomic E-state index is 12.2. The second kappa shape index (κ2) is 5.46. The van der Waals surface area contributed by atoms with Crippen LogP contribution in [0.15, 0.2) is 43.0 Å². The van der Waals surface area contributed by atoms with Crippen molar-refractivity contribution >= 4 is 23.0 Å². The Labute approximate surface area is 152 Å². The lowest BCUT2D eigenvalue weighted by Gasteiger charge is -2.23. The van der Waals surface area contributed by atoms with Gasteiger partial charge in [0.05, 0.1) is 11.9 Å². The molecule has 1 unspecified atom stereocenters. The van der Waals surface area contributed by atoms with Crippen LogP contribution in [0.25, 0.3) is 11.2 Å². The van der Waals surface area contributed by atoms with Gasteiger partial charge < -0.3 is 25.4 Å². The number of carbonyl (C=O) groups is 1. The molecule has 1 aromatic carbocycles. The van der Waals surface area contributed by atoms with Crippen molar-refractivity contribution in [2.24, 2.45) is 0 Å². The van der Waals surface area contributed by atoms with E-state index in [2.05, 4.69) is 15.0 Å². The number of nitrogens with two attached hydrogens (primary N) is 1. The molecule has 4 N–H and O–H groups in total. The first-order chi connectivity index (χ1) is 13.0. The molecule has 3 heterocycles. The molecule has 10 heteroatoms. The number of carbonyl (C=O) groups excluding carboxylic acids is 1. The minimum absolute atomic E-state index is 0.199. The molecule has 5 atom stereocenters. The first-order valence-electron chi connectivity index (χ1n) is 8.26. The zero-order valence-electron chi connectivity index (χ0n) is 13.8. The van der Waals surface area contributed by atoms with Crippen molar-refractivity contribution in [2.75, 3.05) is 5.73 Å². The van der Waals surface area contributed by atoms with Gasteiger partial charge in [-0.25, -0.2) is 19.7 Å². The SMILES string of the molecule is Nc1ncnc2c1ncn2[C@@H]1O[C@@H]2C(OC(=O)c3ccccc3)[C@]2(O)[C@H]1O. The number of anilines is 1. The monoisotopic (exact) mass is 369 g/mol. The Kier molecular flexibility index (Phi) is 3.26. The normalized spacial score (nSPS) is 31.6. The number of rotatable bonds is 3. The minimum atomic E-state index is -1.69. The fourth-order valence-corrected chi connectivity index (χ4v) is 3.49. The van der Waals surface area contributed by atoms with Crippen LogP contribution in [-0.4, -0.2) is 59.6 Å². The number of esters is 1. The summed E-state index contributed by atoms with van der Waals surface area (Å²) in [6.07, 6.45) is -1.40. The molecule has 10 nitrogen and oxygen atoms in total. The summed E-state index contributed by atoms with van der Waals surface area (Å²) in [7, 11) is 0. The Morgan fingerprint density at radius 3 is 2.74 bits per heavy atom. The van der Waals surface area contributed by atoms with Crippen LogP contribution >= 0.6 is 0 Å². The van der Waals surface area contributed by atoms with Crippen molar-refractivity contribution in [3.8, 4) is 0 Å². The van der Waals surface area contributed by atoms with E-state index in [1.165, 1.54) is 17.2 Å².